The van der Waals surface area contributed by atoms with Gasteiger partial charge in [-0.2, -0.15) is 5.10 Å². The molecule has 3 rings (SSSR count). The predicted octanol–water partition coefficient (Wildman–Crippen LogP) is 4.58. The zero-order chi connectivity index (χ0) is 26.6. The Bertz CT molecular complexity index is 1260. The molecule has 0 bridgehead atoms. The number of anilines is 1. The van der Waals surface area contributed by atoms with Crippen LogP contribution in [0.2, 0.25) is 0 Å². The first-order valence-corrected chi connectivity index (χ1v) is 11.5. The highest BCUT2D eigenvalue weighted by atomic mass is 16.6. The fraction of sp³-hybridized carbons (Fsp3) is 0.346. The maximum absolute atomic E-state index is 13.1. The molecule has 0 saturated heterocycles. The maximum atomic E-state index is 13.1. The van der Waals surface area contributed by atoms with Crippen LogP contribution in [0.5, 0.6) is 5.75 Å². The van der Waals surface area contributed by atoms with Crippen molar-refractivity contribution in [2.24, 2.45) is 0 Å². The van der Waals surface area contributed by atoms with Crippen molar-refractivity contribution in [3.63, 3.8) is 0 Å². The number of carbonyl (C=O) groups excluding carboxylic acids is 2. The highest BCUT2D eigenvalue weighted by Crippen LogP contribution is 2.27. The first-order chi connectivity index (χ1) is 16.9. The molecule has 0 aliphatic heterocycles. The molecule has 0 radical (unpaired) electrons. The second-order valence-corrected chi connectivity index (χ2v) is 9.66. The lowest BCUT2D eigenvalue weighted by Crippen LogP contribution is -2.42. The molecule has 3 aromatic rings. The Balaban J connectivity index is 1.87. The summed E-state index contributed by atoms with van der Waals surface area (Å²) >= 11 is 0. The number of nitro benzene ring substituents is 1. The number of carbonyl (C=O) groups is 2. The number of ether oxygens (including phenoxy) is 1. The van der Waals surface area contributed by atoms with Gasteiger partial charge >= 0.3 is 0 Å². The predicted molar refractivity (Wildman–Crippen MR) is 137 cm³/mol. The van der Waals surface area contributed by atoms with Crippen molar-refractivity contribution in [1.82, 2.24) is 14.7 Å². The van der Waals surface area contributed by atoms with Gasteiger partial charge in [0.25, 0.3) is 11.6 Å². The van der Waals surface area contributed by atoms with Crippen molar-refractivity contribution in [2.75, 3.05) is 19.0 Å². The lowest BCUT2D eigenvalue weighted by molar-refractivity contribution is -0.384. The number of non-ortho nitro benzene ring substituents is 1. The van der Waals surface area contributed by atoms with Crippen LogP contribution < -0.4 is 10.1 Å². The monoisotopic (exact) mass is 493 g/mol. The average molecular weight is 494 g/mol. The number of hydrogen-bond donors (Lipinski definition) is 1. The molecule has 2 amide bonds. The number of nitrogens with zero attached hydrogens (tertiary/aromatic N) is 4. The molecule has 0 atom stereocenters. The second-order valence-electron chi connectivity index (χ2n) is 9.66. The summed E-state index contributed by atoms with van der Waals surface area (Å²) in [5.41, 5.74) is 1.20. The van der Waals surface area contributed by atoms with Crippen molar-refractivity contribution >= 4 is 23.3 Å². The summed E-state index contributed by atoms with van der Waals surface area (Å²) < 4.78 is 6.87. The van der Waals surface area contributed by atoms with E-state index in [0.29, 0.717) is 11.6 Å². The van der Waals surface area contributed by atoms with E-state index in [-0.39, 0.29) is 29.3 Å². The Hall–Kier alpha value is -4.21. The van der Waals surface area contributed by atoms with Gasteiger partial charge in [0, 0.05) is 35.2 Å². The van der Waals surface area contributed by atoms with E-state index in [0.717, 1.165) is 11.4 Å². The summed E-state index contributed by atoms with van der Waals surface area (Å²) in [6.45, 7) is 9.40. The number of aromatic nitrogens is 2. The highest BCUT2D eigenvalue weighted by molar-refractivity contribution is 5.99. The van der Waals surface area contributed by atoms with Gasteiger partial charge in [-0.3, -0.25) is 19.7 Å². The van der Waals surface area contributed by atoms with Gasteiger partial charge in [0.05, 0.1) is 23.4 Å². The Labute approximate surface area is 210 Å². The molecule has 0 spiro atoms. The van der Waals surface area contributed by atoms with E-state index in [1.165, 1.54) is 29.2 Å². The van der Waals surface area contributed by atoms with Gasteiger partial charge in [-0.05, 0) is 44.2 Å². The van der Waals surface area contributed by atoms with Gasteiger partial charge in [0.15, 0.2) is 0 Å². The molecule has 36 heavy (non-hydrogen) atoms. The number of nitrogens with one attached hydrogen (secondary N) is 1. The molecule has 0 fully saturated rings. The molecule has 0 unspecified atom stereocenters. The topological polar surface area (TPSA) is 120 Å². The third-order valence-electron chi connectivity index (χ3n) is 5.56. The number of amides is 2. The second kappa shape index (κ2) is 10.6. The summed E-state index contributed by atoms with van der Waals surface area (Å²) in [7, 11) is 1.59. The minimum atomic E-state index is -0.559. The standard InChI is InChI=1S/C26H31N5O5/c1-17(2)29(25(33)18-8-7-9-20(14-18)31(34)35)16-24(32)27-23-15-22(26(3,4)5)28-30(23)19-10-12-21(36-6)13-11-19/h7-15,17H,16H2,1-6H3,(H,27,32). The number of benzene rings is 2. The molecule has 0 aliphatic carbocycles. The van der Waals surface area contributed by atoms with Crippen molar-refractivity contribution in [3.8, 4) is 11.4 Å². The van der Waals surface area contributed by atoms with Crippen molar-refractivity contribution in [3.05, 3.63) is 76.0 Å². The summed E-state index contributed by atoms with van der Waals surface area (Å²) in [5, 5.41) is 18.7. The summed E-state index contributed by atoms with van der Waals surface area (Å²) in [6, 6.07) is 14.2. The quantitative estimate of drug-likeness (QED) is 0.362. The van der Waals surface area contributed by atoms with Crippen LogP contribution in [0.4, 0.5) is 11.5 Å². The van der Waals surface area contributed by atoms with Crippen LogP contribution in [0.3, 0.4) is 0 Å². The van der Waals surface area contributed by atoms with Crippen LogP contribution >= 0.6 is 0 Å². The summed E-state index contributed by atoms with van der Waals surface area (Å²) in [4.78, 5) is 38.2. The Kier molecular flexibility index (Phi) is 7.77. The van der Waals surface area contributed by atoms with Crippen molar-refractivity contribution in [2.45, 2.75) is 46.1 Å². The van der Waals surface area contributed by atoms with E-state index < -0.39 is 16.7 Å². The van der Waals surface area contributed by atoms with Crippen LogP contribution in [0.25, 0.3) is 5.69 Å². The molecular weight excluding hydrogens is 462 g/mol. The molecule has 1 aromatic heterocycles. The molecule has 190 valence electrons. The first kappa shape index (κ1) is 26.4. The van der Waals surface area contributed by atoms with Gasteiger partial charge in [0.1, 0.15) is 18.1 Å². The lowest BCUT2D eigenvalue weighted by atomic mass is 9.92. The van der Waals surface area contributed by atoms with E-state index in [4.69, 9.17) is 9.84 Å². The summed E-state index contributed by atoms with van der Waals surface area (Å²) in [6.07, 6.45) is 0. The number of hydrogen-bond acceptors (Lipinski definition) is 6. The zero-order valence-corrected chi connectivity index (χ0v) is 21.3. The highest BCUT2D eigenvalue weighted by Gasteiger charge is 2.25. The Morgan fingerprint density at radius 2 is 1.81 bits per heavy atom. The normalized spacial score (nSPS) is 11.3. The van der Waals surface area contributed by atoms with Gasteiger partial charge in [0.2, 0.25) is 5.91 Å². The fourth-order valence-electron chi connectivity index (χ4n) is 3.50. The van der Waals surface area contributed by atoms with E-state index in [2.05, 4.69) is 5.32 Å². The smallest absolute Gasteiger partial charge is 0.270 e. The van der Waals surface area contributed by atoms with Crippen LogP contribution in [0, 0.1) is 10.1 Å². The van der Waals surface area contributed by atoms with Crippen LogP contribution in [0.1, 0.15) is 50.7 Å². The van der Waals surface area contributed by atoms with E-state index >= 15 is 0 Å². The maximum Gasteiger partial charge on any atom is 0.270 e. The minimum Gasteiger partial charge on any atom is -0.497 e. The first-order valence-electron chi connectivity index (χ1n) is 11.5. The third kappa shape index (κ3) is 6.07. The number of methoxy groups -OCH3 is 1. The Morgan fingerprint density at radius 1 is 1.14 bits per heavy atom. The van der Waals surface area contributed by atoms with E-state index in [1.54, 1.807) is 37.8 Å². The van der Waals surface area contributed by atoms with E-state index in [1.807, 2.05) is 39.0 Å². The number of nitro groups is 1. The summed E-state index contributed by atoms with van der Waals surface area (Å²) in [5.74, 6) is 0.266. The lowest BCUT2D eigenvalue weighted by Gasteiger charge is -2.26. The van der Waals surface area contributed by atoms with Gasteiger partial charge in [-0.1, -0.05) is 26.8 Å². The molecule has 2 aromatic carbocycles. The molecule has 10 heteroatoms. The fourth-order valence-corrected chi connectivity index (χ4v) is 3.50. The van der Waals surface area contributed by atoms with Crippen LogP contribution in [-0.2, 0) is 10.2 Å². The zero-order valence-electron chi connectivity index (χ0n) is 21.3. The third-order valence-corrected chi connectivity index (χ3v) is 5.56. The SMILES string of the molecule is COc1ccc(-n2nc(C(C)(C)C)cc2NC(=O)CN(C(=O)c2cccc([N+](=O)[O-])c2)C(C)C)cc1. The largest absolute Gasteiger partial charge is 0.497 e. The molecule has 0 aliphatic rings. The van der Waals surface area contributed by atoms with Crippen molar-refractivity contribution in [1.29, 1.82) is 0 Å². The van der Waals surface area contributed by atoms with Crippen molar-refractivity contribution < 1.29 is 19.2 Å². The average Bonchev–Trinajstić information content (AvgIpc) is 3.26. The van der Waals surface area contributed by atoms with Gasteiger partial charge in [-0.15, -0.1) is 0 Å². The molecular formula is C26H31N5O5. The molecule has 0 saturated carbocycles. The van der Waals surface area contributed by atoms with Crippen LogP contribution in [-0.4, -0.2) is 51.1 Å². The Morgan fingerprint density at radius 3 is 2.36 bits per heavy atom. The minimum absolute atomic E-state index is 0.143. The van der Waals surface area contributed by atoms with Gasteiger partial charge < -0.3 is 15.0 Å². The van der Waals surface area contributed by atoms with E-state index in [9.17, 15) is 19.7 Å². The molecule has 1 heterocycles. The molecule has 1 N–H and O–H groups in total. The molecule has 10 nitrogen and oxygen atoms in total. The number of rotatable bonds is 8. The van der Waals surface area contributed by atoms with Crippen LogP contribution in [0.15, 0.2) is 54.6 Å². The van der Waals surface area contributed by atoms with Gasteiger partial charge in [-0.25, -0.2) is 4.68 Å².